The molecule has 0 amide bonds. The molecule has 0 aliphatic rings. The van der Waals surface area contributed by atoms with Crippen LogP contribution in [-0.4, -0.2) is 6.29 Å². The van der Waals surface area contributed by atoms with Gasteiger partial charge in [0.05, 0.1) is 9.51 Å². The van der Waals surface area contributed by atoms with E-state index in [1.165, 1.54) is 24.3 Å². The molecule has 0 saturated heterocycles. The average molecular weight is 263 g/mol. The Balaban J connectivity index is 3.10. The molecule has 68 valence electrons. The van der Waals surface area contributed by atoms with Crippen LogP contribution in [0.5, 0.6) is 0 Å². The summed E-state index contributed by atoms with van der Waals surface area (Å²) in [7, 11) is 0. The molecule has 13 heavy (non-hydrogen) atoms. The van der Waals surface area contributed by atoms with Crippen molar-refractivity contribution < 1.29 is 9.18 Å². The number of allylic oxidation sites excluding steroid dienone is 1. The van der Waals surface area contributed by atoms with Gasteiger partial charge in [0.25, 0.3) is 0 Å². The Labute approximate surface area is 88.3 Å². The standard InChI is InChI=1S/C9H5BrClFO/c10-7-5-6(1-2-9(7)12)8(11)3-4-13/h1-5H/b8-3-. The van der Waals surface area contributed by atoms with Crippen LogP contribution in [0.15, 0.2) is 28.7 Å². The molecule has 1 rings (SSSR count). The Morgan fingerprint density at radius 1 is 1.54 bits per heavy atom. The summed E-state index contributed by atoms with van der Waals surface area (Å²) in [4.78, 5) is 10.1. The summed E-state index contributed by atoms with van der Waals surface area (Å²) >= 11 is 8.73. The van der Waals surface area contributed by atoms with Crippen LogP contribution in [0, 0.1) is 5.82 Å². The lowest BCUT2D eigenvalue weighted by atomic mass is 10.2. The highest BCUT2D eigenvalue weighted by Crippen LogP contribution is 2.23. The Morgan fingerprint density at radius 2 is 2.23 bits per heavy atom. The molecule has 0 spiro atoms. The number of hydrogen-bond donors (Lipinski definition) is 0. The largest absolute Gasteiger partial charge is 0.299 e. The number of carbonyl (C=O) groups is 1. The zero-order chi connectivity index (χ0) is 9.84. The lowest BCUT2D eigenvalue weighted by Crippen LogP contribution is -1.82. The van der Waals surface area contributed by atoms with Crippen LogP contribution in [0.2, 0.25) is 0 Å². The van der Waals surface area contributed by atoms with Gasteiger partial charge in [-0.2, -0.15) is 0 Å². The number of benzene rings is 1. The van der Waals surface area contributed by atoms with Gasteiger partial charge >= 0.3 is 0 Å². The second-order valence-electron chi connectivity index (χ2n) is 2.28. The van der Waals surface area contributed by atoms with Crippen molar-refractivity contribution in [2.75, 3.05) is 0 Å². The molecule has 0 aliphatic heterocycles. The van der Waals surface area contributed by atoms with Gasteiger partial charge in [-0.3, -0.25) is 4.79 Å². The van der Waals surface area contributed by atoms with Gasteiger partial charge in [-0.15, -0.1) is 0 Å². The Morgan fingerprint density at radius 3 is 2.77 bits per heavy atom. The smallest absolute Gasteiger partial charge is 0.144 e. The zero-order valence-corrected chi connectivity index (χ0v) is 8.77. The van der Waals surface area contributed by atoms with Crippen LogP contribution in [0.3, 0.4) is 0 Å². The molecule has 0 radical (unpaired) electrons. The summed E-state index contributed by atoms with van der Waals surface area (Å²) in [6.07, 6.45) is 1.79. The molecule has 0 aromatic heterocycles. The van der Waals surface area contributed by atoms with E-state index >= 15 is 0 Å². The lowest BCUT2D eigenvalue weighted by Gasteiger charge is -1.99. The van der Waals surface area contributed by atoms with Crippen molar-refractivity contribution in [1.82, 2.24) is 0 Å². The van der Waals surface area contributed by atoms with Crippen molar-refractivity contribution in [1.29, 1.82) is 0 Å². The molecule has 1 aromatic carbocycles. The fourth-order valence-electron chi connectivity index (χ4n) is 0.801. The van der Waals surface area contributed by atoms with E-state index < -0.39 is 0 Å². The summed E-state index contributed by atoms with van der Waals surface area (Å²) in [5.74, 6) is -0.362. The van der Waals surface area contributed by atoms with E-state index in [-0.39, 0.29) is 10.8 Å². The maximum absolute atomic E-state index is 12.8. The summed E-state index contributed by atoms with van der Waals surface area (Å²) < 4.78 is 13.1. The number of halogens is 3. The van der Waals surface area contributed by atoms with Crippen molar-refractivity contribution in [3.8, 4) is 0 Å². The molecule has 0 N–H and O–H groups in total. The van der Waals surface area contributed by atoms with Gasteiger partial charge in [0.15, 0.2) is 0 Å². The summed E-state index contributed by atoms with van der Waals surface area (Å²) in [6, 6.07) is 4.29. The Bertz CT molecular complexity index is 363. The second-order valence-corrected chi connectivity index (χ2v) is 3.54. The first-order valence-corrected chi connectivity index (χ1v) is 4.58. The maximum Gasteiger partial charge on any atom is 0.144 e. The molecule has 0 aliphatic carbocycles. The molecular weight excluding hydrogens is 258 g/mol. The third kappa shape index (κ3) is 2.64. The maximum atomic E-state index is 12.8. The van der Waals surface area contributed by atoms with Crippen molar-refractivity contribution in [3.63, 3.8) is 0 Å². The van der Waals surface area contributed by atoms with Gasteiger partial charge in [0.1, 0.15) is 12.1 Å². The predicted molar refractivity (Wildman–Crippen MR) is 54.0 cm³/mol. The summed E-state index contributed by atoms with van der Waals surface area (Å²) in [6.45, 7) is 0. The molecule has 0 unspecified atom stereocenters. The van der Waals surface area contributed by atoms with Crippen molar-refractivity contribution in [2.24, 2.45) is 0 Å². The highest BCUT2D eigenvalue weighted by atomic mass is 79.9. The minimum atomic E-state index is -0.362. The predicted octanol–water partition coefficient (Wildman–Crippen LogP) is 3.37. The van der Waals surface area contributed by atoms with E-state index in [0.29, 0.717) is 16.3 Å². The van der Waals surface area contributed by atoms with Crippen LogP contribution < -0.4 is 0 Å². The van der Waals surface area contributed by atoms with Gasteiger partial charge in [0, 0.05) is 0 Å². The number of carbonyl (C=O) groups excluding carboxylic acids is 1. The monoisotopic (exact) mass is 262 g/mol. The molecule has 0 fully saturated rings. The van der Waals surface area contributed by atoms with E-state index in [0.717, 1.165) is 0 Å². The van der Waals surface area contributed by atoms with Crippen LogP contribution in [-0.2, 0) is 4.79 Å². The van der Waals surface area contributed by atoms with Crippen LogP contribution in [0.4, 0.5) is 4.39 Å². The fourth-order valence-corrected chi connectivity index (χ4v) is 1.35. The van der Waals surface area contributed by atoms with E-state index in [1.54, 1.807) is 0 Å². The van der Waals surface area contributed by atoms with Gasteiger partial charge in [-0.1, -0.05) is 17.7 Å². The van der Waals surface area contributed by atoms with Crippen LogP contribution >= 0.6 is 27.5 Å². The molecule has 1 nitrogen and oxygen atoms in total. The average Bonchev–Trinajstić information content (AvgIpc) is 2.10. The van der Waals surface area contributed by atoms with E-state index in [2.05, 4.69) is 15.9 Å². The SMILES string of the molecule is O=C/C=C(\Cl)c1ccc(F)c(Br)c1. The molecule has 4 heteroatoms. The summed E-state index contributed by atoms with van der Waals surface area (Å²) in [5, 5.41) is 0.288. The van der Waals surface area contributed by atoms with Gasteiger partial charge in [-0.05, 0) is 39.7 Å². The van der Waals surface area contributed by atoms with E-state index in [9.17, 15) is 9.18 Å². The third-order valence-electron chi connectivity index (χ3n) is 1.41. The minimum Gasteiger partial charge on any atom is -0.299 e. The number of hydrogen-bond acceptors (Lipinski definition) is 1. The zero-order valence-electron chi connectivity index (χ0n) is 6.43. The first-order chi connectivity index (χ1) is 6.15. The van der Waals surface area contributed by atoms with Crippen LogP contribution in [0.1, 0.15) is 5.56 Å². The molecular formula is C9H5BrClFO. The lowest BCUT2D eigenvalue weighted by molar-refractivity contribution is -0.104. The fraction of sp³-hybridized carbons (Fsp3) is 0. The normalized spacial score (nSPS) is 11.5. The van der Waals surface area contributed by atoms with Gasteiger partial charge in [-0.25, -0.2) is 4.39 Å². The van der Waals surface area contributed by atoms with Gasteiger partial charge < -0.3 is 0 Å². The summed E-state index contributed by atoms with van der Waals surface area (Å²) in [5.41, 5.74) is 0.599. The quantitative estimate of drug-likeness (QED) is 0.590. The van der Waals surface area contributed by atoms with Crippen LogP contribution in [0.25, 0.3) is 5.03 Å². The molecule has 0 bridgehead atoms. The van der Waals surface area contributed by atoms with Crippen molar-refractivity contribution >= 4 is 38.8 Å². The number of rotatable bonds is 2. The molecule has 0 saturated carbocycles. The molecule has 0 heterocycles. The first-order valence-electron chi connectivity index (χ1n) is 3.41. The second kappa shape index (κ2) is 4.53. The highest BCUT2D eigenvalue weighted by molar-refractivity contribution is 9.10. The van der Waals surface area contributed by atoms with Crippen molar-refractivity contribution in [3.05, 3.63) is 40.1 Å². The molecule has 0 atom stereocenters. The van der Waals surface area contributed by atoms with Crippen molar-refractivity contribution in [2.45, 2.75) is 0 Å². The molecule has 1 aromatic rings. The first kappa shape index (κ1) is 10.4. The topological polar surface area (TPSA) is 17.1 Å². The Hall–Kier alpha value is -0.670. The van der Waals surface area contributed by atoms with E-state index in [1.807, 2.05) is 0 Å². The van der Waals surface area contributed by atoms with Gasteiger partial charge in [0.2, 0.25) is 0 Å². The third-order valence-corrected chi connectivity index (χ3v) is 2.36. The highest BCUT2D eigenvalue weighted by Gasteiger charge is 2.02. The van der Waals surface area contributed by atoms with E-state index in [4.69, 9.17) is 11.6 Å². The Kier molecular flexibility index (Phi) is 3.63. The number of aldehydes is 1. The minimum absolute atomic E-state index is 0.288.